The summed E-state index contributed by atoms with van der Waals surface area (Å²) in [7, 11) is 0. The molecule has 0 heterocycles. The minimum Gasteiger partial charge on any atom is -0.398 e. The van der Waals surface area contributed by atoms with E-state index in [0.717, 1.165) is 4.90 Å². The van der Waals surface area contributed by atoms with Crippen LogP contribution < -0.4 is 17.0 Å². The smallest absolute Gasteiger partial charge is 0.234 e. The molecule has 0 aliphatic carbocycles. The van der Waals surface area contributed by atoms with Crippen LogP contribution in [-0.2, 0) is 4.79 Å². The predicted octanol–water partition coefficient (Wildman–Crippen LogP) is 1.39. The van der Waals surface area contributed by atoms with Crippen LogP contribution in [0.25, 0.3) is 0 Å². The average Bonchev–Trinajstić information content (AvgIpc) is 2.23. The number of anilines is 1. The van der Waals surface area contributed by atoms with Crippen molar-refractivity contribution in [2.45, 2.75) is 11.3 Å². The van der Waals surface area contributed by atoms with E-state index in [1.54, 1.807) is 12.1 Å². The number of hydrogen-bond donors (Lipinski definition) is 3. The van der Waals surface area contributed by atoms with Crippen LogP contribution >= 0.6 is 23.4 Å². The van der Waals surface area contributed by atoms with Gasteiger partial charge < -0.3 is 5.73 Å². The molecule has 0 aromatic heterocycles. The molecule has 5 N–H and O–H groups in total. The fourth-order valence-corrected chi connectivity index (χ4v) is 2.07. The minimum absolute atomic E-state index is 0.177. The lowest BCUT2D eigenvalue weighted by molar-refractivity contribution is -0.120. The summed E-state index contributed by atoms with van der Waals surface area (Å²) in [5.41, 5.74) is 8.19. The molecule has 1 aromatic rings. The highest BCUT2D eigenvalue weighted by atomic mass is 35.5. The first-order valence-corrected chi connectivity index (χ1v) is 5.67. The van der Waals surface area contributed by atoms with E-state index in [9.17, 15) is 4.79 Å². The second-order valence-electron chi connectivity index (χ2n) is 2.85. The third-order valence-electron chi connectivity index (χ3n) is 1.73. The maximum Gasteiger partial charge on any atom is 0.234 e. The summed E-state index contributed by atoms with van der Waals surface area (Å²) in [6, 6.07) is 5.39. The molecule has 0 unspecified atom stereocenters. The summed E-state index contributed by atoms with van der Waals surface area (Å²) < 4.78 is 0. The van der Waals surface area contributed by atoms with Crippen molar-refractivity contribution >= 4 is 35.0 Å². The Morgan fingerprint density at radius 2 is 2.27 bits per heavy atom. The zero-order valence-electron chi connectivity index (χ0n) is 8.00. The number of rotatable bonds is 4. The molecule has 1 amide bonds. The first-order valence-electron chi connectivity index (χ1n) is 4.30. The van der Waals surface area contributed by atoms with Gasteiger partial charge in [-0.2, -0.15) is 0 Å². The maximum absolute atomic E-state index is 10.8. The van der Waals surface area contributed by atoms with Crippen LogP contribution in [0.4, 0.5) is 5.69 Å². The van der Waals surface area contributed by atoms with Gasteiger partial charge >= 0.3 is 0 Å². The quantitative estimate of drug-likeness (QED) is 0.246. The van der Waals surface area contributed by atoms with Gasteiger partial charge in [0, 0.05) is 17.1 Å². The molecule has 15 heavy (non-hydrogen) atoms. The molecule has 0 saturated heterocycles. The number of hydrogen-bond acceptors (Lipinski definition) is 4. The van der Waals surface area contributed by atoms with Crippen LogP contribution in [0.15, 0.2) is 23.1 Å². The standard InChI is InChI=1S/C9H12ClN3OS/c10-7-5-6(1-2-8(7)11)15-4-3-9(14)13-12/h1-2,5H,3-4,11-12H2,(H,13,14). The Balaban J connectivity index is 2.44. The third-order valence-corrected chi connectivity index (χ3v) is 3.05. The number of amides is 1. The van der Waals surface area contributed by atoms with Crippen molar-refractivity contribution in [2.24, 2.45) is 5.84 Å². The van der Waals surface area contributed by atoms with Crippen LogP contribution in [0.3, 0.4) is 0 Å². The number of nitrogen functional groups attached to an aromatic ring is 1. The monoisotopic (exact) mass is 245 g/mol. The minimum atomic E-state index is -0.177. The highest BCUT2D eigenvalue weighted by Gasteiger charge is 2.01. The van der Waals surface area contributed by atoms with Gasteiger partial charge in [-0.15, -0.1) is 11.8 Å². The van der Waals surface area contributed by atoms with Gasteiger partial charge in [-0.25, -0.2) is 5.84 Å². The van der Waals surface area contributed by atoms with E-state index in [-0.39, 0.29) is 5.91 Å². The SMILES string of the molecule is NNC(=O)CCSc1ccc(N)c(Cl)c1. The van der Waals surface area contributed by atoms with Gasteiger partial charge in [0.2, 0.25) is 5.91 Å². The van der Waals surface area contributed by atoms with Gasteiger partial charge in [0.1, 0.15) is 0 Å². The van der Waals surface area contributed by atoms with Gasteiger partial charge in [-0.05, 0) is 18.2 Å². The second-order valence-corrected chi connectivity index (χ2v) is 4.42. The summed E-state index contributed by atoms with van der Waals surface area (Å²) in [5, 5.41) is 0.531. The Labute approximate surface area is 97.3 Å². The number of carbonyl (C=O) groups is 1. The van der Waals surface area contributed by atoms with Gasteiger partial charge in [0.15, 0.2) is 0 Å². The highest BCUT2D eigenvalue weighted by molar-refractivity contribution is 7.99. The Morgan fingerprint density at radius 1 is 1.53 bits per heavy atom. The van der Waals surface area contributed by atoms with Gasteiger partial charge in [0.05, 0.1) is 10.7 Å². The molecule has 0 aliphatic heterocycles. The summed E-state index contributed by atoms with van der Waals surface area (Å²) in [4.78, 5) is 11.8. The topological polar surface area (TPSA) is 81.1 Å². The molecule has 0 aliphatic rings. The lowest BCUT2D eigenvalue weighted by Crippen LogP contribution is -2.30. The Kier molecular flexibility index (Phi) is 4.74. The van der Waals surface area contributed by atoms with Gasteiger partial charge in [-0.3, -0.25) is 10.2 Å². The highest BCUT2D eigenvalue weighted by Crippen LogP contribution is 2.26. The third kappa shape index (κ3) is 3.99. The van der Waals surface area contributed by atoms with E-state index in [2.05, 4.69) is 5.43 Å². The molecule has 6 heteroatoms. The lowest BCUT2D eigenvalue weighted by atomic mass is 10.3. The fraction of sp³-hybridized carbons (Fsp3) is 0.222. The molecule has 0 saturated carbocycles. The summed E-state index contributed by atoms with van der Waals surface area (Å²) >= 11 is 7.38. The second kappa shape index (κ2) is 5.85. The first kappa shape index (κ1) is 12.2. The van der Waals surface area contributed by atoms with Crippen molar-refractivity contribution in [3.05, 3.63) is 23.2 Å². The van der Waals surface area contributed by atoms with Crippen LogP contribution in [0, 0.1) is 0 Å². The van der Waals surface area contributed by atoms with Gasteiger partial charge in [0.25, 0.3) is 0 Å². The molecule has 82 valence electrons. The van der Waals surface area contributed by atoms with Crippen molar-refractivity contribution < 1.29 is 4.79 Å². The van der Waals surface area contributed by atoms with E-state index in [4.69, 9.17) is 23.2 Å². The lowest BCUT2D eigenvalue weighted by Gasteiger charge is -2.03. The summed E-state index contributed by atoms with van der Waals surface area (Å²) in [6.45, 7) is 0. The van der Waals surface area contributed by atoms with Crippen molar-refractivity contribution in [2.75, 3.05) is 11.5 Å². The van der Waals surface area contributed by atoms with Crippen molar-refractivity contribution in [1.29, 1.82) is 0 Å². The van der Waals surface area contributed by atoms with E-state index < -0.39 is 0 Å². The summed E-state index contributed by atoms with van der Waals surface area (Å²) in [5.74, 6) is 5.43. The number of halogens is 1. The van der Waals surface area contributed by atoms with Crippen molar-refractivity contribution in [1.82, 2.24) is 5.43 Å². The normalized spacial score (nSPS) is 10.0. The molecule has 0 bridgehead atoms. The maximum atomic E-state index is 10.8. The number of hydrazine groups is 1. The number of nitrogens with one attached hydrogen (secondary N) is 1. The number of benzene rings is 1. The van der Waals surface area contributed by atoms with Crippen LogP contribution in [0.5, 0.6) is 0 Å². The van der Waals surface area contributed by atoms with E-state index >= 15 is 0 Å². The van der Waals surface area contributed by atoms with Crippen molar-refractivity contribution in [3.8, 4) is 0 Å². The zero-order chi connectivity index (χ0) is 11.3. The van der Waals surface area contributed by atoms with Crippen LogP contribution in [-0.4, -0.2) is 11.7 Å². The molecule has 0 fully saturated rings. The predicted molar refractivity (Wildman–Crippen MR) is 63.5 cm³/mol. The van der Waals surface area contributed by atoms with Crippen LogP contribution in [0.2, 0.25) is 5.02 Å². The Hall–Kier alpha value is -0.910. The molecule has 1 rings (SSSR count). The molecule has 0 radical (unpaired) electrons. The number of carbonyl (C=O) groups excluding carboxylic acids is 1. The first-order chi connectivity index (χ1) is 7.13. The molecular weight excluding hydrogens is 234 g/mol. The molecule has 0 atom stereocenters. The zero-order valence-corrected chi connectivity index (χ0v) is 9.57. The number of nitrogens with two attached hydrogens (primary N) is 2. The molecule has 4 nitrogen and oxygen atoms in total. The molecule has 1 aromatic carbocycles. The Morgan fingerprint density at radius 3 is 2.87 bits per heavy atom. The van der Waals surface area contributed by atoms with E-state index in [0.29, 0.717) is 22.9 Å². The molecular formula is C9H12ClN3OS. The number of thioether (sulfide) groups is 1. The van der Waals surface area contributed by atoms with E-state index in [1.807, 2.05) is 6.07 Å². The van der Waals surface area contributed by atoms with Crippen LogP contribution in [0.1, 0.15) is 6.42 Å². The van der Waals surface area contributed by atoms with Crippen molar-refractivity contribution in [3.63, 3.8) is 0 Å². The van der Waals surface area contributed by atoms with E-state index in [1.165, 1.54) is 11.8 Å². The molecule has 0 spiro atoms. The largest absolute Gasteiger partial charge is 0.398 e. The van der Waals surface area contributed by atoms with Gasteiger partial charge in [-0.1, -0.05) is 11.6 Å². The Bertz CT molecular complexity index is 359. The fourth-order valence-electron chi connectivity index (χ4n) is 0.931. The average molecular weight is 246 g/mol. The summed E-state index contributed by atoms with van der Waals surface area (Å²) in [6.07, 6.45) is 0.378.